The molecule has 0 aromatic carbocycles. The first-order chi connectivity index (χ1) is 13.4. The fourth-order valence-electron chi connectivity index (χ4n) is 5.45. The number of fused-ring (bicyclic) bond motifs is 3. The number of rotatable bonds is 3. The van der Waals surface area contributed by atoms with Gasteiger partial charge < -0.3 is 14.6 Å². The topological polar surface area (TPSA) is 89.9 Å². The molecule has 0 aromatic heterocycles. The van der Waals surface area contributed by atoms with Crippen LogP contribution >= 0.6 is 0 Å². The highest BCUT2D eigenvalue weighted by atomic mass is 28.3. The van der Waals surface area contributed by atoms with Gasteiger partial charge in [-0.05, 0) is 54.4 Å². The Morgan fingerprint density at radius 1 is 0.933 bits per heavy atom. The van der Waals surface area contributed by atoms with E-state index in [1.807, 2.05) is 19.6 Å². The van der Waals surface area contributed by atoms with Crippen LogP contribution < -0.4 is 0 Å². The van der Waals surface area contributed by atoms with Gasteiger partial charge in [0.05, 0.1) is 31.2 Å². The SMILES string of the molecule is CC(C)(C)OC(=O)C1=C(C(=O)OC(C)(C)C)[C@]2([Si](C)(C)C)CC(=O)[C@@H]([C@@H]2O)C12CC2. The fourth-order valence-corrected chi connectivity index (χ4v) is 8.19. The molecule has 1 spiro atoms. The van der Waals surface area contributed by atoms with Crippen LogP contribution in [0.15, 0.2) is 11.1 Å². The van der Waals surface area contributed by atoms with Crippen LogP contribution in [0.25, 0.3) is 0 Å². The van der Waals surface area contributed by atoms with Crippen molar-refractivity contribution >= 4 is 25.8 Å². The summed E-state index contributed by atoms with van der Waals surface area (Å²) in [6.45, 7) is 16.8. The predicted molar refractivity (Wildman–Crippen MR) is 116 cm³/mol. The van der Waals surface area contributed by atoms with E-state index < -0.39 is 53.7 Å². The van der Waals surface area contributed by atoms with E-state index >= 15 is 0 Å². The maximum Gasteiger partial charge on any atom is 0.335 e. The number of carbonyl (C=O) groups is 3. The highest BCUT2D eigenvalue weighted by molar-refractivity contribution is 6.81. The van der Waals surface area contributed by atoms with Crippen molar-refractivity contribution in [2.24, 2.45) is 11.3 Å². The van der Waals surface area contributed by atoms with Crippen LogP contribution in [0.4, 0.5) is 0 Å². The molecule has 168 valence electrons. The molecular formula is C23H36O6Si. The lowest BCUT2D eigenvalue weighted by molar-refractivity contribution is -0.156. The second-order valence-corrected chi connectivity index (χ2v) is 17.6. The van der Waals surface area contributed by atoms with E-state index in [9.17, 15) is 19.5 Å². The first kappa shape index (κ1) is 23.2. The largest absolute Gasteiger partial charge is 0.457 e. The van der Waals surface area contributed by atoms with Gasteiger partial charge >= 0.3 is 11.9 Å². The number of aliphatic hydroxyl groups excluding tert-OH is 1. The fraction of sp³-hybridized carbons (Fsp3) is 0.783. The highest BCUT2D eigenvalue weighted by Gasteiger charge is 2.75. The number of Topliss-reactive ketones (excluding diaryl/α,β-unsaturated/α-hetero) is 1. The molecular weight excluding hydrogens is 400 g/mol. The molecule has 6 nitrogen and oxygen atoms in total. The average Bonchev–Trinajstić information content (AvgIpc) is 3.21. The molecule has 0 saturated heterocycles. The molecule has 2 bridgehead atoms. The summed E-state index contributed by atoms with van der Waals surface area (Å²) in [7, 11) is -2.39. The van der Waals surface area contributed by atoms with E-state index in [-0.39, 0.29) is 23.4 Å². The maximum atomic E-state index is 13.6. The van der Waals surface area contributed by atoms with Crippen LogP contribution in [0.3, 0.4) is 0 Å². The van der Waals surface area contributed by atoms with Crippen molar-refractivity contribution in [3.63, 3.8) is 0 Å². The first-order valence-corrected chi connectivity index (χ1v) is 14.3. The second kappa shape index (κ2) is 6.51. The van der Waals surface area contributed by atoms with Crippen molar-refractivity contribution in [2.75, 3.05) is 0 Å². The molecule has 0 amide bonds. The Morgan fingerprint density at radius 3 is 1.73 bits per heavy atom. The number of carbonyl (C=O) groups excluding carboxylic acids is 3. The van der Waals surface area contributed by atoms with Gasteiger partial charge in [-0.15, -0.1) is 0 Å². The molecule has 0 heterocycles. The van der Waals surface area contributed by atoms with Crippen molar-refractivity contribution in [1.29, 1.82) is 0 Å². The minimum Gasteiger partial charge on any atom is -0.457 e. The Kier molecular flexibility index (Phi) is 5.04. The summed E-state index contributed by atoms with van der Waals surface area (Å²) in [6, 6.07) is 0. The van der Waals surface area contributed by atoms with E-state index in [2.05, 4.69) is 0 Å². The number of hydrogen-bond donors (Lipinski definition) is 1. The molecule has 0 radical (unpaired) electrons. The molecule has 0 aromatic rings. The van der Waals surface area contributed by atoms with E-state index in [0.29, 0.717) is 12.8 Å². The lowest BCUT2D eigenvalue weighted by Crippen LogP contribution is -2.55. The van der Waals surface area contributed by atoms with E-state index in [0.717, 1.165) is 0 Å². The predicted octanol–water partition coefficient (Wildman–Crippen LogP) is 3.79. The van der Waals surface area contributed by atoms with Crippen molar-refractivity contribution in [1.82, 2.24) is 0 Å². The highest BCUT2D eigenvalue weighted by Crippen LogP contribution is 2.74. The van der Waals surface area contributed by atoms with Crippen molar-refractivity contribution in [3.05, 3.63) is 11.1 Å². The molecule has 3 rings (SSSR count). The van der Waals surface area contributed by atoms with Crippen LogP contribution in [0.2, 0.25) is 24.7 Å². The van der Waals surface area contributed by atoms with Gasteiger partial charge in [-0.3, -0.25) is 4.79 Å². The summed E-state index contributed by atoms with van der Waals surface area (Å²) >= 11 is 0. The van der Waals surface area contributed by atoms with Gasteiger partial charge in [0.15, 0.2) is 0 Å². The Bertz CT molecular complexity index is 831. The Hall–Kier alpha value is -1.47. The number of ketones is 1. The van der Waals surface area contributed by atoms with Crippen molar-refractivity contribution < 1.29 is 29.0 Å². The maximum absolute atomic E-state index is 13.6. The summed E-state index contributed by atoms with van der Waals surface area (Å²) < 4.78 is 11.5. The van der Waals surface area contributed by atoms with E-state index in [1.165, 1.54) is 0 Å². The smallest absolute Gasteiger partial charge is 0.335 e. The van der Waals surface area contributed by atoms with Gasteiger partial charge in [0.25, 0.3) is 0 Å². The summed E-state index contributed by atoms with van der Waals surface area (Å²) in [5, 5.41) is 10.5. The van der Waals surface area contributed by atoms with Gasteiger partial charge in [0.1, 0.15) is 17.0 Å². The number of ether oxygens (including phenoxy) is 2. The summed E-state index contributed by atoms with van der Waals surface area (Å²) in [4.78, 5) is 40.3. The van der Waals surface area contributed by atoms with Crippen LogP contribution in [-0.2, 0) is 23.9 Å². The standard InChI is InChI=1S/C23H36O6Si/c1-20(2,3)28-18(26)15-16(19(27)29-21(4,5)6)23(30(7,8)9)12-13(24)14(17(23)25)22(15)10-11-22/h14,17,25H,10-12H2,1-9H3/t14-,17-,23+/m0/s1. The molecule has 1 N–H and O–H groups in total. The molecule has 3 atom stereocenters. The monoisotopic (exact) mass is 436 g/mol. The third kappa shape index (κ3) is 3.38. The van der Waals surface area contributed by atoms with E-state index in [1.54, 1.807) is 41.5 Å². The zero-order valence-electron chi connectivity index (χ0n) is 19.8. The van der Waals surface area contributed by atoms with Crippen LogP contribution in [0, 0.1) is 11.3 Å². The summed E-state index contributed by atoms with van der Waals surface area (Å²) in [6.07, 6.45) is 0.275. The Morgan fingerprint density at radius 2 is 1.37 bits per heavy atom. The molecule has 0 aliphatic heterocycles. The van der Waals surface area contributed by atoms with Gasteiger partial charge in [0, 0.05) is 16.9 Å². The first-order valence-electron chi connectivity index (χ1n) is 10.8. The normalized spacial score (nSPS) is 30.5. The van der Waals surface area contributed by atoms with Gasteiger partial charge in [0.2, 0.25) is 0 Å². The molecule has 30 heavy (non-hydrogen) atoms. The van der Waals surface area contributed by atoms with Gasteiger partial charge in [-0.2, -0.15) is 0 Å². The van der Waals surface area contributed by atoms with Crippen LogP contribution in [-0.4, -0.2) is 48.2 Å². The zero-order chi connectivity index (χ0) is 23.1. The summed E-state index contributed by atoms with van der Waals surface area (Å²) in [5.41, 5.74) is -1.84. The lowest BCUT2D eigenvalue weighted by atomic mass is 9.69. The third-order valence-electron chi connectivity index (χ3n) is 6.74. The minimum absolute atomic E-state index is 0.0537. The minimum atomic E-state index is -2.39. The van der Waals surface area contributed by atoms with Crippen molar-refractivity contribution in [2.45, 2.75) is 103 Å². The molecule has 7 heteroatoms. The Balaban J connectivity index is 2.34. The molecule has 3 aliphatic carbocycles. The van der Waals surface area contributed by atoms with Crippen molar-refractivity contribution in [3.8, 4) is 0 Å². The second-order valence-electron chi connectivity index (χ2n) is 12.2. The van der Waals surface area contributed by atoms with Crippen LogP contribution in [0.1, 0.15) is 60.8 Å². The molecule has 3 aliphatic rings. The number of hydrogen-bond acceptors (Lipinski definition) is 6. The lowest BCUT2D eigenvalue weighted by Gasteiger charge is -2.49. The number of esters is 2. The summed E-state index contributed by atoms with van der Waals surface area (Å²) in [5.74, 6) is -1.88. The third-order valence-corrected chi connectivity index (χ3v) is 10.1. The zero-order valence-corrected chi connectivity index (χ0v) is 20.8. The van der Waals surface area contributed by atoms with Crippen LogP contribution in [0.5, 0.6) is 0 Å². The number of aliphatic hydroxyl groups is 1. The quantitative estimate of drug-likeness (QED) is 0.535. The molecule has 2 fully saturated rings. The molecule has 0 unspecified atom stereocenters. The molecule has 2 saturated carbocycles. The van der Waals surface area contributed by atoms with E-state index in [4.69, 9.17) is 9.47 Å². The van der Waals surface area contributed by atoms with Gasteiger partial charge in [-0.25, -0.2) is 9.59 Å². The Labute approximate surface area is 180 Å². The van der Waals surface area contributed by atoms with Gasteiger partial charge in [-0.1, -0.05) is 19.6 Å². The average molecular weight is 437 g/mol.